The van der Waals surface area contributed by atoms with Crippen LogP contribution in [0, 0.1) is 13.8 Å². The average Bonchev–Trinajstić information content (AvgIpc) is 2.71. The van der Waals surface area contributed by atoms with Crippen LogP contribution in [0.5, 0.6) is 0 Å². The van der Waals surface area contributed by atoms with Crippen molar-refractivity contribution in [3.8, 4) is 0 Å². The molecule has 1 aromatic heterocycles. The van der Waals surface area contributed by atoms with E-state index < -0.39 is 0 Å². The first-order chi connectivity index (χ1) is 9.16. The Labute approximate surface area is 115 Å². The number of piperidine rings is 1. The Morgan fingerprint density at radius 1 is 1.32 bits per heavy atom. The van der Waals surface area contributed by atoms with Gasteiger partial charge in [0.05, 0.1) is 11.8 Å². The second-order valence-electron chi connectivity index (χ2n) is 5.56. The van der Waals surface area contributed by atoms with Gasteiger partial charge in [-0.3, -0.25) is 5.10 Å². The minimum Gasteiger partial charge on any atom is -0.390 e. The van der Waals surface area contributed by atoms with Crippen molar-refractivity contribution in [2.75, 3.05) is 26.2 Å². The first-order valence-corrected chi connectivity index (χ1v) is 7.28. The fourth-order valence-electron chi connectivity index (χ4n) is 2.70. The van der Waals surface area contributed by atoms with Crippen molar-refractivity contribution >= 4 is 0 Å². The molecular weight excluding hydrogens is 240 g/mol. The second-order valence-corrected chi connectivity index (χ2v) is 5.56. The number of aliphatic hydroxyl groups is 1. The van der Waals surface area contributed by atoms with E-state index in [2.05, 4.69) is 20.4 Å². The van der Waals surface area contributed by atoms with Gasteiger partial charge in [0.25, 0.3) is 0 Å². The number of hydrogen-bond donors (Lipinski definition) is 3. The maximum absolute atomic E-state index is 10.0. The fourth-order valence-corrected chi connectivity index (χ4v) is 2.70. The Bertz CT molecular complexity index is 365. The predicted molar refractivity (Wildman–Crippen MR) is 76.1 cm³/mol. The van der Waals surface area contributed by atoms with E-state index in [1.807, 2.05) is 13.8 Å². The Kier molecular flexibility index (Phi) is 5.36. The zero-order chi connectivity index (χ0) is 13.7. The van der Waals surface area contributed by atoms with Crippen LogP contribution in [0.25, 0.3) is 0 Å². The molecule has 1 aromatic rings. The first kappa shape index (κ1) is 14.5. The number of aliphatic hydroxyl groups excluding tert-OH is 1. The highest BCUT2D eigenvalue weighted by Gasteiger charge is 2.14. The largest absolute Gasteiger partial charge is 0.390 e. The van der Waals surface area contributed by atoms with Crippen LogP contribution in [0.1, 0.15) is 36.2 Å². The molecule has 0 aliphatic carbocycles. The summed E-state index contributed by atoms with van der Waals surface area (Å²) in [7, 11) is 0. The van der Waals surface area contributed by atoms with Gasteiger partial charge in [0.15, 0.2) is 0 Å². The van der Waals surface area contributed by atoms with Gasteiger partial charge in [0, 0.05) is 30.9 Å². The van der Waals surface area contributed by atoms with Gasteiger partial charge >= 0.3 is 0 Å². The monoisotopic (exact) mass is 266 g/mol. The maximum Gasteiger partial charge on any atom is 0.0791 e. The Balaban J connectivity index is 1.67. The van der Waals surface area contributed by atoms with Crippen molar-refractivity contribution in [3.63, 3.8) is 0 Å². The number of rotatable bonds is 6. The standard InChI is InChI=1S/C14H26N4O/c1-11-14(12(2)17-16-11)9-15-8-13(19)10-18-6-4-3-5-7-18/h13,15,19H,3-10H2,1-2H3,(H,16,17)/t13-/m1/s1. The number of aromatic amines is 1. The quantitative estimate of drug-likeness (QED) is 0.718. The van der Waals surface area contributed by atoms with E-state index in [9.17, 15) is 5.11 Å². The van der Waals surface area contributed by atoms with E-state index in [0.29, 0.717) is 6.54 Å². The van der Waals surface area contributed by atoms with Crippen molar-refractivity contribution in [2.24, 2.45) is 0 Å². The molecule has 1 fully saturated rings. The number of H-pyrrole nitrogens is 1. The average molecular weight is 266 g/mol. The summed E-state index contributed by atoms with van der Waals surface area (Å²) in [6, 6.07) is 0. The molecule has 2 rings (SSSR count). The molecule has 108 valence electrons. The van der Waals surface area contributed by atoms with Crippen molar-refractivity contribution in [2.45, 2.75) is 45.8 Å². The van der Waals surface area contributed by atoms with Crippen LogP contribution < -0.4 is 5.32 Å². The zero-order valence-corrected chi connectivity index (χ0v) is 12.1. The molecule has 0 saturated carbocycles. The number of hydrogen-bond acceptors (Lipinski definition) is 4. The topological polar surface area (TPSA) is 64.2 Å². The van der Waals surface area contributed by atoms with E-state index in [-0.39, 0.29) is 6.10 Å². The van der Waals surface area contributed by atoms with Gasteiger partial charge in [0.2, 0.25) is 0 Å². The van der Waals surface area contributed by atoms with Crippen LogP contribution >= 0.6 is 0 Å². The molecule has 0 bridgehead atoms. The molecule has 0 aromatic carbocycles. The van der Waals surface area contributed by atoms with Crippen LogP contribution in [-0.4, -0.2) is 52.5 Å². The van der Waals surface area contributed by atoms with Gasteiger partial charge in [-0.05, 0) is 39.8 Å². The predicted octanol–water partition coefficient (Wildman–Crippen LogP) is 0.963. The molecule has 0 spiro atoms. The zero-order valence-electron chi connectivity index (χ0n) is 12.1. The molecule has 5 nitrogen and oxygen atoms in total. The molecule has 0 radical (unpaired) electrons. The first-order valence-electron chi connectivity index (χ1n) is 7.28. The number of nitrogens with zero attached hydrogens (tertiary/aromatic N) is 2. The maximum atomic E-state index is 10.0. The number of aromatic nitrogens is 2. The third kappa shape index (κ3) is 4.30. The number of aryl methyl sites for hydroxylation is 2. The molecule has 1 atom stereocenters. The van der Waals surface area contributed by atoms with E-state index in [1.165, 1.54) is 24.8 Å². The van der Waals surface area contributed by atoms with Gasteiger partial charge in [0.1, 0.15) is 0 Å². The lowest BCUT2D eigenvalue weighted by Crippen LogP contribution is -2.40. The van der Waals surface area contributed by atoms with Gasteiger partial charge in [-0.1, -0.05) is 6.42 Å². The molecular formula is C14H26N4O. The number of β-amino-alcohol motifs (C(OH)–C–C–N with tert-alkyl or cyclic N) is 1. The molecule has 1 aliphatic rings. The number of likely N-dealkylation sites (tertiary alicyclic amines) is 1. The summed E-state index contributed by atoms with van der Waals surface area (Å²) in [5.74, 6) is 0. The van der Waals surface area contributed by atoms with Crippen LogP contribution in [0.2, 0.25) is 0 Å². The van der Waals surface area contributed by atoms with E-state index in [1.54, 1.807) is 0 Å². The van der Waals surface area contributed by atoms with Crippen LogP contribution in [0.3, 0.4) is 0 Å². The molecule has 5 heteroatoms. The lowest BCUT2D eigenvalue weighted by molar-refractivity contribution is 0.1000. The summed E-state index contributed by atoms with van der Waals surface area (Å²) in [6.07, 6.45) is 3.59. The highest BCUT2D eigenvalue weighted by molar-refractivity contribution is 5.22. The van der Waals surface area contributed by atoms with E-state index in [0.717, 1.165) is 37.6 Å². The summed E-state index contributed by atoms with van der Waals surface area (Å²) in [4.78, 5) is 2.37. The molecule has 0 amide bonds. The van der Waals surface area contributed by atoms with Crippen molar-refractivity contribution in [1.82, 2.24) is 20.4 Å². The van der Waals surface area contributed by atoms with Gasteiger partial charge in [-0.25, -0.2) is 0 Å². The van der Waals surface area contributed by atoms with Gasteiger partial charge in [-0.15, -0.1) is 0 Å². The van der Waals surface area contributed by atoms with Gasteiger partial charge < -0.3 is 15.3 Å². The van der Waals surface area contributed by atoms with E-state index in [4.69, 9.17) is 0 Å². The normalized spacial score (nSPS) is 18.7. The van der Waals surface area contributed by atoms with Gasteiger partial charge in [-0.2, -0.15) is 5.10 Å². The Morgan fingerprint density at radius 2 is 2.05 bits per heavy atom. The fraction of sp³-hybridized carbons (Fsp3) is 0.786. The minimum atomic E-state index is -0.286. The highest BCUT2D eigenvalue weighted by atomic mass is 16.3. The number of nitrogens with one attached hydrogen (secondary N) is 2. The third-order valence-corrected chi connectivity index (χ3v) is 3.88. The Morgan fingerprint density at radius 3 is 2.68 bits per heavy atom. The lowest BCUT2D eigenvalue weighted by atomic mass is 10.1. The SMILES string of the molecule is Cc1n[nH]c(C)c1CNC[C@@H](O)CN1CCCCC1. The molecule has 1 aliphatic heterocycles. The van der Waals surface area contributed by atoms with Crippen molar-refractivity contribution < 1.29 is 5.11 Å². The van der Waals surface area contributed by atoms with Crippen LogP contribution in [-0.2, 0) is 6.54 Å². The molecule has 2 heterocycles. The Hall–Kier alpha value is -0.910. The summed E-state index contributed by atoms with van der Waals surface area (Å²) in [6.45, 7) is 8.50. The smallest absolute Gasteiger partial charge is 0.0791 e. The van der Waals surface area contributed by atoms with Crippen molar-refractivity contribution in [3.05, 3.63) is 17.0 Å². The highest BCUT2D eigenvalue weighted by Crippen LogP contribution is 2.10. The minimum absolute atomic E-state index is 0.286. The summed E-state index contributed by atoms with van der Waals surface area (Å²) < 4.78 is 0. The van der Waals surface area contributed by atoms with E-state index >= 15 is 0 Å². The third-order valence-electron chi connectivity index (χ3n) is 3.88. The summed E-state index contributed by atoms with van der Waals surface area (Å²) in [5.41, 5.74) is 3.36. The second kappa shape index (κ2) is 7.03. The van der Waals surface area contributed by atoms with Crippen molar-refractivity contribution in [1.29, 1.82) is 0 Å². The molecule has 0 unspecified atom stereocenters. The molecule has 3 N–H and O–H groups in total. The van der Waals surface area contributed by atoms with Crippen LogP contribution in [0.15, 0.2) is 0 Å². The summed E-state index contributed by atoms with van der Waals surface area (Å²) in [5, 5.41) is 20.5. The molecule has 19 heavy (non-hydrogen) atoms. The summed E-state index contributed by atoms with van der Waals surface area (Å²) >= 11 is 0. The van der Waals surface area contributed by atoms with Crippen LogP contribution in [0.4, 0.5) is 0 Å². The lowest BCUT2D eigenvalue weighted by Gasteiger charge is -2.28. The molecule has 1 saturated heterocycles.